The van der Waals surface area contributed by atoms with Crippen LogP contribution in [0.2, 0.25) is 0 Å². The molecule has 2 aromatic heterocycles. The van der Waals surface area contributed by atoms with Crippen LogP contribution in [0.5, 0.6) is 0 Å². The second-order valence-corrected chi connectivity index (χ2v) is 6.05. The molecule has 0 aliphatic carbocycles. The Bertz CT molecular complexity index is 573. The Morgan fingerprint density at radius 3 is 3.11 bits per heavy atom. The standard InChI is InChI=1S/C14H18N4S/c1-9-7-13(15)17-14(16-9)8-18-5-3-12-11(10(18)2)4-6-19-12/h4,6-7,10H,3,5,8H2,1-2H3,(H2,15,16,17). The third-order valence-corrected chi connectivity index (χ3v) is 4.67. The second kappa shape index (κ2) is 4.90. The van der Waals surface area contributed by atoms with Crippen molar-refractivity contribution >= 4 is 17.2 Å². The van der Waals surface area contributed by atoms with Gasteiger partial charge in [-0.15, -0.1) is 11.3 Å². The van der Waals surface area contributed by atoms with E-state index in [1.807, 2.05) is 18.3 Å². The predicted molar refractivity (Wildman–Crippen MR) is 78.0 cm³/mol. The lowest BCUT2D eigenvalue weighted by atomic mass is 10.0. The summed E-state index contributed by atoms with van der Waals surface area (Å²) in [4.78, 5) is 12.8. The lowest BCUT2D eigenvalue weighted by molar-refractivity contribution is 0.186. The van der Waals surface area contributed by atoms with Gasteiger partial charge in [-0.25, -0.2) is 9.97 Å². The van der Waals surface area contributed by atoms with Crippen LogP contribution in [0.1, 0.15) is 34.9 Å². The minimum Gasteiger partial charge on any atom is -0.384 e. The molecule has 1 aliphatic heterocycles. The van der Waals surface area contributed by atoms with Crippen molar-refractivity contribution in [2.24, 2.45) is 0 Å². The van der Waals surface area contributed by atoms with E-state index < -0.39 is 0 Å². The van der Waals surface area contributed by atoms with Crippen LogP contribution in [-0.2, 0) is 13.0 Å². The van der Waals surface area contributed by atoms with Crippen molar-refractivity contribution in [3.8, 4) is 0 Å². The fourth-order valence-corrected chi connectivity index (χ4v) is 3.65. The highest BCUT2D eigenvalue weighted by atomic mass is 32.1. The molecule has 0 aromatic carbocycles. The summed E-state index contributed by atoms with van der Waals surface area (Å²) in [5, 5.41) is 2.19. The van der Waals surface area contributed by atoms with Gasteiger partial charge in [-0.3, -0.25) is 4.90 Å². The number of nitrogens with zero attached hydrogens (tertiary/aromatic N) is 3. The molecule has 0 amide bonds. The molecule has 5 heteroatoms. The average molecular weight is 274 g/mol. The average Bonchev–Trinajstić information content (AvgIpc) is 2.80. The van der Waals surface area contributed by atoms with Crippen molar-refractivity contribution in [1.29, 1.82) is 0 Å². The molecule has 0 fully saturated rings. The Balaban J connectivity index is 1.81. The van der Waals surface area contributed by atoms with Crippen molar-refractivity contribution in [3.05, 3.63) is 39.5 Å². The monoisotopic (exact) mass is 274 g/mol. The maximum Gasteiger partial charge on any atom is 0.144 e. The van der Waals surface area contributed by atoms with E-state index in [1.54, 1.807) is 6.07 Å². The maximum atomic E-state index is 5.79. The summed E-state index contributed by atoms with van der Waals surface area (Å²) < 4.78 is 0. The van der Waals surface area contributed by atoms with Crippen LogP contribution in [0.15, 0.2) is 17.5 Å². The van der Waals surface area contributed by atoms with E-state index in [0.717, 1.165) is 31.0 Å². The molecular weight excluding hydrogens is 256 g/mol. The first-order valence-electron chi connectivity index (χ1n) is 6.54. The van der Waals surface area contributed by atoms with E-state index in [4.69, 9.17) is 5.73 Å². The van der Waals surface area contributed by atoms with Crippen LogP contribution in [-0.4, -0.2) is 21.4 Å². The van der Waals surface area contributed by atoms with E-state index in [1.165, 1.54) is 10.4 Å². The van der Waals surface area contributed by atoms with E-state index in [0.29, 0.717) is 11.9 Å². The number of aromatic nitrogens is 2. The van der Waals surface area contributed by atoms with Crippen molar-refractivity contribution < 1.29 is 0 Å². The number of nitrogen functional groups attached to an aromatic ring is 1. The van der Waals surface area contributed by atoms with E-state index in [2.05, 4.69) is 33.2 Å². The molecule has 0 spiro atoms. The Kier molecular flexibility index (Phi) is 3.24. The number of thiophene rings is 1. The van der Waals surface area contributed by atoms with Gasteiger partial charge in [0.05, 0.1) is 6.54 Å². The summed E-state index contributed by atoms with van der Waals surface area (Å²) >= 11 is 1.86. The van der Waals surface area contributed by atoms with Gasteiger partial charge in [-0.2, -0.15) is 0 Å². The fraction of sp³-hybridized carbons (Fsp3) is 0.429. The molecule has 0 radical (unpaired) electrons. The lowest BCUT2D eigenvalue weighted by Crippen LogP contribution is -2.33. The third-order valence-electron chi connectivity index (χ3n) is 3.67. The molecule has 2 aromatic rings. The Morgan fingerprint density at radius 1 is 1.47 bits per heavy atom. The molecule has 3 heterocycles. The van der Waals surface area contributed by atoms with Crippen LogP contribution in [0.25, 0.3) is 0 Å². The van der Waals surface area contributed by atoms with Gasteiger partial charge in [0, 0.05) is 29.2 Å². The van der Waals surface area contributed by atoms with Gasteiger partial charge >= 0.3 is 0 Å². The number of hydrogen-bond acceptors (Lipinski definition) is 5. The topological polar surface area (TPSA) is 55.0 Å². The molecule has 3 rings (SSSR count). The van der Waals surface area contributed by atoms with Crippen LogP contribution in [0, 0.1) is 6.92 Å². The SMILES string of the molecule is Cc1cc(N)nc(CN2CCc3sccc3C2C)n1. The van der Waals surface area contributed by atoms with Crippen molar-refractivity contribution in [2.75, 3.05) is 12.3 Å². The van der Waals surface area contributed by atoms with Crippen molar-refractivity contribution in [1.82, 2.24) is 14.9 Å². The zero-order valence-corrected chi connectivity index (χ0v) is 12.1. The van der Waals surface area contributed by atoms with Gasteiger partial charge < -0.3 is 5.73 Å². The molecule has 1 unspecified atom stereocenters. The lowest BCUT2D eigenvalue weighted by Gasteiger charge is -2.33. The Labute approximate surface area is 117 Å². The highest BCUT2D eigenvalue weighted by molar-refractivity contribution is 7.10. The number of nitrogens with two attached hydrogens (primary N) is 1. The summed E-state index contributed by atoms with van der Waals surface area (Å²) in [7, 11) is 0. The maximum absolute atomic E-state index is 5.79. The summed E-state index contributed by atoms with van der Waals surface area (Å²) in [6.07, 6.45) is 1.12. The summed E-state index contributed by atoms with van der Waals surface area (Å²) in [6.45, 7) is 6.04. The Hall–Kier alpha value is -1.46. The summed E-state index contributed by atoms with van der Waals surface area (Å²) in [6, 6.07) is 4.47. The first-order valence-corrected chi connectivity index (χ1v) is 7.42. The highest BCUT2D eigenvalue weighted by Crippen LogP contribution is 2.33. The van der Waals surface area contributed by atoms with Gasteiger partial charge in [0.2, 0.25) is 0 Å². The minimum absolute atomic E-state index is 0.431. The number of fused-ring (bicyclic) bond motifs is 1. The van der Waals surface area contributed by atoms with Crippen molar-refractivity contribution in [3.63, 3.8) is 0 Å². The van der Waals surface area contributed by atoms with Crippen LogP contribution in [0.3, 0.4) is 0 Å². The normalized spacial score (nSPS) is 19.4. The highest BCUT2D eigenvalue weighted by Gasteiger charge is 2.25. The van der Waals surface area contributed by atoms with Gasteiger partial charge in [0.25, 0.3) is 0 Å². The molecule has 0 saturated heterocycles. The molecule has 19 heavy (non-hydrogen) atoms. The molecule has 0 bridgehead atoms. The molecular formula is C14H18N4S. The fourth-order valence-electron chi connectivity index (χ4n) is 2.69. The van der Waals surface area contributed by atoms with Gasteiger partial charge in [0.1, 0.15) is 11.6 Å². The van der Waals surface area contributed by atoms with E-state index >= 15 is 0 Å². The molecule has 1 aliphatic rings. The molecule has 1 atom stereocenters. The largest absolute Gasteiger partial charge is 0.384 e. The molecule has 0 saturated carbocycles. The number of aryl methyl sites for hydroxylation is 1. The molecule has 4 nitrogen and oxygen atoms in total. The number of rotatable bonds is 2. The van der Waals surface area contributed by atoms with Gasteiger partial charge in [0.15, 0.2) is 0 Å². The van der Waals surface area contributed by atoms with Gasteiger partial charge in [-0.1, -0.05) is 0 Å². The van der Waals surface area contributed by atoms with Crippen LogP contribution in [0.4, 0.5) is 5.82 Å². The van der Waals surface area contributed by atoms with Crippen LogP contribution < -0.4 is 5.73 Å². The van der Waals surface area contributed by atoms with E-state index in [-0.39, 0.29) is 0 Å². The van der Waals surface area contributed by atoms with Gasteiger partial charge in [-0.05, 0) is 37.3 Å². The summed E-state index contributed by atoms with van der Waals surface area (Å²) in [5.41, 5.74) is 8.18. The third kappa shape index (κ3) is 2.48. The quantitative estimate of drug-likeness (QED) is 0.914. The second-order valence-electron chi connectivity index (χ2n) is 5.05. The summed E-state index contributed by atoms with van der Waals surface area (Å²) in [5.74, 6) is 1.38. The van der Waals surface area contributed by atoms with Crippen LogP contribution >= 0.6 is 11.3 Å². The van der Waals surface area contributed by atoms with Crippen molar-refractivity contribution in [2.45, 2.75) is 32.9 Å². The zero-order valence-electron chi connectivity index (χ0n) is 11.3. The Morgan fingerprint density at radius 2 is 2.32 bits per heavy atom. The smallest absolute Gasteiger partial charge is 0.144 e. The number of anilines is 1. The molecule has 2 N–H and O–H groups in total. The molecule has 100 valence electrons. The predicted octanol–water partition coefficient (Wildman–Crippen LogP) is 2.55. The first-order chi connectivity index (χ1) is 9.13. The zero-order chi connectivity index (χ0) is 13.4. The minimum atomic E-state index is 0.431. The van der Waals surface area contributed by atoms with E-state index in [9.17, 15) is 0 Å². The number of hydrogen-bond donors (Lipinski definition) is 1. The first kappa shape index (κ1) is 12.6.